The Morgan fingerprint density at radius 3 is 2.23 bits per heavy atom. The number of benzene rings is 1. The molecule has 2 aliphatic carbocycles. The molecule has 3 heteroatoms. The molecule has 1 aromatic rings. The number of esters is 1. The molecule has 0 unspecified atom stereocenters. The van der Waals surface area contributed by atoms with Crippen LogP contribution in [0.5, 0.6) is 0 Å². The Kier molecular flexibility index (Phi) is 9.25. The molecule has 0 heterocycles. The van der Waals surface area contributed by atoms with Gasteiger partial charge in [-0.2, -0.15) is 5.26 Å². The van der Waals surface area contributed by atoms with Crippen molar-refractivity contribution in [2.24, 2.45) is 11.8 Å². The molecule has 0 aliphatic heterocycles. The third-order valence-electron chi connectivity index (χ3n) is 7.31. The zero-order chi connectivity index (χ0) is 21.2. The summed E-state index contributed by atoms with van der Waals surface area (Å²) < 4.78 is 5.68. The Morgan fingerprint density at radius 1 is 0.933 bits per heavy atom. The molecule has 0 amide bonds. The average Bonchev–Trinajstić information content (AvgIpc) is 2.80. The van der Waals surface area contributed by atoms with Crippen molar-refractivity contribution < 1.29 is 9.53 Å². The molecule has 2 fully saturated rings. The Labute approximate surface area is 183 Å². The van der Waals surface area contributed by atoms with Crippen LogP contribution in [0.3, 0.4) is 0 Å². The Hall–Kier alpha value is -1.82. The van der Waals surface area contributed by atoms with Crippen LogP contribution < -0.4 is 0 Å². The van der Waals surface area contributed by atoms with E-state index >= 15 is 0 Å². The monoisotopic (exact) mass is 409 g/mol. The second kappa shape index (κ2) is 12.1. The van der Waals surface area contributed by atoms with Crippen LogP contribution in [0.25, 0.3) is 0 Å². The molecule has 0 saturated heterocycles. The molecule has 0 radical (unpaired) electrons. The minimum Gasteiger partial charge on any atom is -0.459 e. The Balaban J connectivity index is 1.39. The van der Waals surface area contributed by atoms with E-state index in [0.29, 0.717) is 11.5 Å². The lowest BCUT2D eigenvalue weighted by Gasteiger charge is -2.29. The number of unbranched alkanes of at least 4 members (excludes halogenated alkanes) is 4. The van der Waals surface area contributed by atoms with E-state index in [1.54, 1.807) is 0 Å². The van der Waals surface area contributed by atoms with Crippen LogP contribution >= 0.6 is 0 Å². The standard InChI is InChI=1S/C27H39NO2/c1-2-3-4-5-6-7-21-8-12-23(13-9-21)24-14-16-25(17-15-24)27(29)30-26-18-10-22(20-28)11-19-26/h14-17,21-23,26H,2-13,18-19H2,1H3. The highest BCUT2D eigenvalue weighted by molar-refractivity contribution is 5.89. The van der Waals surface area contributed by atoms with Crippen LogP contribution in [0.15, 0.2) is 24.3 Å². The number of rotatable bonds is 9. The first kappa shape index (κ1) is 22.9. The highest BCUT2D eigenvalue weighted by atomic mass is 16.5. The fraction of sp³-hybridized carbons (Fsp3) is 0.704. The summed E-state index contributed by atoms with van der Waals surface area (Å²) >= 11 is 0. The largest absolute Gasteiger partial charge is 0.459 e. The van der Waals surface area contributed by atoms with Crippen molar-refractivity contribution >= 4 is 5.97 Å². The molecule has 0 aromatic heterocycles. The van der Waals surface area contributed by atoms with Crippen molar-refractivity contribution in [2.45, 2.75) is 109 Å². The quantitative estimate of drug-likeness (QED) is 0.312. The first-order chi connectivity index (χ1) is 14.7. The van der Waals surface area contributed by atoms with Gasteiger partial charge in [0.2, 0.25) is 0 Å². The molecule has 0 N–H and O–H groups in total. The van der Waals surface area contributed by atoms with Crippen LogP contribution in [0.4, 0.5) is 0 Å². The average molecular weight is 410 g/mol. The predicted octanol–water partition coefficient (Wildman–Crippen LogP) is 7.56. The third kappa shape index (κ3) is 6.86. The van der Waals surface area contributed by atoms with Gasteiger partial charge in [-0.1, -0.05) is 57.6 Å². The number of carbonyl (C=O) groups excluding carboxylic acids is 1. The summed E-state index contributed by atoms with van der Waals surface area (Å²) in [6.07, 6.45) is 16.9. The van der Waals surface area contributed by atoms with E-state index in [2.05, 4.69) is 25.1 Å². The molecule has 164 valence electrons. The topological polar surface area (TPSA) is 50.1 Å². The summed E-state index contributed by atoms with van der Waals surface area (Å²) in [5, 5.41) is 8.99. The van der Waals surface area contributed by atoms with Crippen LogP contribution in [0.1, 0.15) is 119 Å². The van der Waals surface area contributed by atoms with E-state index in [9.17, 15) is 4.79 Å². The summed E-state index contributed by atoms with van der Waals surface area (Å²) in [6.45, 7) is 2.28. The minimum absolute atomic E-state index is 0.0287. The van der Waals surface area contributed by atoms with Crippen molar-refractivity contribution in [3.8, 4) is 6.07 Å². The summed E-state index contributed by atoms with van der Waals surface area (Å²) in [5.41, 5.74) is 2.03. The highest BCUT2D eigenvalue weighted by Crippen LogP contribution is 2.38. The molecule has 2 aliphatic rings. The van der Waals surface area contributed by atoms with E-state index in [-0.39, 0.29) is 18.0 Å². The van der Waals surface area contributed by atoms with Crippen LogP contribution in [-0.4, -0.2) is 12.1 Å². The first-order valence-corrected chi connectivity index (χ1v) is 12.4. The van der Waals surface area contributed by atoms with Crippen molar-refractivity contribution in [3.05, 3.63) is 35.4 Å². The maximum atomic E-state index is 12.5. The lowest BCUT2D eigenvalue weighted by atomic mass is 9.77. The molecular formula is C27H39NO2. The number of hydrogen-bond acceptors (Lipinski definition) is 3. The molecule has 3 rings (SSSR count). The summed E-state index contributed by atoms with van der Waals surface area (Å²) in [6, 6.07) is 10.5. The van der Waals surface area contributed by atoms with Crippen molar-refractivity contribution in [1.82, 2.24) is 0 Å². The maximum Gasteiger partial charge on any atom is 0.338 e. The second-order valence-corrected chi connectivity index (χ2v) is 9.55. The molecule has 3 nitrogen and oxygen atoms in total. The van der Waals surface area contributed by atoms with Crippen molar-refractivity contribution in [1.29, 1.82) is 5.26 Å². The van der Waals surface area contributed by atoms with Crippen molar-refractivity contribution in [3.63, 3.8) is 0 Å². The molecule has 1 aromatic carbocycles. The van der Waals surface area contributed by atoms with Gasteiger partial charge in [0.25, 0.3) is 0 Å². The Morgan fingerprint density at radius 2 is 1.60 bits per heavy atom. The number of hydrogen-bond donors (Lipinski definition) is 0. The van der Waals surface area contributed by atoms with Gasteiger partial charge in [-0.15, -0.1) is 0 Å². The number of carbonyl (C=O) groups is 1. The maximum absolute atomic E-state index is 12.5. The lowest BCUT2D eigenvalue weighted by Crippen LogP contribution is -2.24. The predicted molar refractivity (Wildman–Crippen MR) is 121 cm³/mol. The summed E-state index contributed by atoms with van der Waals surface area (Å²) in [7, 11) is 0. The second-order valence-electron chi connectivity index (χ2n) is 9.55. The van der Waals surface area contributed by atoms with Gasteiger partial charge >= 0.3 is 5.97 Å². The normalized spacial score (nSPS) is 26.7. The van der Waals surface area contributed by atoms with E-state index in [1.165, 1.54) is 69.8 Å². The zero-order valence-electron chi connectivity index (χ0n) is 18.8. The fourth-order valence-electron chi connectivity index (χ4n) is 5.24. The molecular weight excluding hydrogens is 370 g/mol. The van der Waals surface area contributed by atoms with Gasteiger partial charge in [0.05, 0.1) is 11.6 Å². The van der Waals surface area contributed by atoms with E-state index < -0.39 is 0 Å². The fourth-order valence-corrected chi connectivity index (χ4v) is 5.24. The SMILES string of the molecule is CCCCCCCC1CCC(c2ccc(C(=O)OC3CCC(C#N)CC3)cc2)CC1. The van der Waals surface area contributed by atoms with Gasteiger partial charge in [0, 0.05) is 5.92 Å². The molecule has 0 spiro atoms. The minimum atomic E-state index is -0.214. The van der Waals surface area contributed by atoms with Gasteiger partial charge in [-0.05, 0) is 80.9 Å². The summed E-state index contributed by atoms with van der Waals surface area (Å²) in [4.78, 5) is 12.5. The van der Waals surface area contributed by atoms with Gasteiger partial charge in [0.15, 0.2) is 0 Å². The number of ether oxygens (including phenoxy) is 1. The van der Waals surface area contributed by atoms with E-state index in [4.69, 9.17) is 10.00 Å². The van der Waals surface area contributed by atoms with E-state index in [0.717, 1.165) is 31.6 Å². The van der Waals surface area contributed by atoms with Gasteiger partial charge in [0.1, 0.15) is 6.10 Å². The lowest BCUT2D eigenvalue weighted by molar-refractivity contribution is 0.0187. The molecule has 2 saturated carbocycles. The number of nitrogens with zero attached hydrogens (tertiary/aromatic N) is 1. The first-order valence-electron chi connectivity index (χ1n) is 12.4. The van der Waals surface area contributed by atoms with Crippen molar-refractivity contribution in [2.75, 3.05) is 0 Å². The van der Waals surface area contributed by atoms with Crippen LogP contribution in [0.2, 0.25) is 0 Å². The van der Waals surface area contributed by atoms with Gasteiger partial charge in [-0.25, -0.2) is 4.79 Å². The van der Waals surface area contributed by atoms with Gasteiger partial charge in [-0.3, -0.25) is 0 Å². The zero-order valence-corrected chi connectivity index (χ0v) is 18.8. The number of nitriles is 1. The van der Waals surface area contributed by atoms with Crippen LogP contribution in [0, 0.1) is 23.2 Å². The smallest absolute Gasteiger partial charge is 0.338 e. The van der Waals surface area contributed by atoms with Gasteiger partial charge < -0.3 is 4.74 Å². The molecule has 0 bridgehead atoms. The third-order valence-corrected chi connectivity index (χ3v) is 7.31. The Bertz CT molecular complexity index is 674. The molecule has 30 heavy (non-hydrogen) atoms. The molecule has 0 atom stereocenters. The van der Waals surface area contributed by atoms with Crippen LogP contribution in [-0.2, 0) is 4.74 Å². The highest BCUT2D eigenvalue weighted by Gasteiger charge is 2.25. The summed E-state index contributed by atoms with van der Waals surface area (Å²) in [5.74, 6) is 1.49. The van der Waals surface area contributed by atoms with E-state index in [1.807, 2.05) is 12.1 Å².